The molecule has 1 saturated heterocycles. The van der Waals surface area contributed by atoms with Crippen molar-refractivity contribution in [3.8, 4) is 5.75 Å². The van der Waals surface area contributed by atoms with Crippen molar-refractivity contribution in [2.24, 2.45) is 0 Å². The Morgan fingerprint density at radius 2 is 1.61 bits per heavy atom. The van der Waals surface area contributed by atoms with Crippen molar-refractivity contribution < 1.29 is 24.0 Å². The number of nitrogens with zero attached hydrogens (tertiary/aromatic N) is 3. The molecule has 3 aromatic rings. The molecule has 36 heavy (non-hydrogen) atoms. The number of halogens is 3. The molecule has 9 nitrogen and oxygen atoms in total. The molecule has 3 amide bonds. The van der Waals surface area contributed by atoms with Crippen molar-refractivity contribution in [1.29, 1.82) is 0 Å². The number of fused-ring (bicyclic) bond motifs is 1. The van der Waals surface area contributed by atoms with Gasteiger partial charge in [0.1, 0.15) is 11.8 Å². The number of benzene rings is 3. The van der Waals surface area contributed by atoms with Crippen LogP contribution in [-0.4, -0.2) is 40.7 Å². The molecule has 5 rings (SSSR count). The molecular formula is C24H14BrCl2N3O6. The highest BCUT2D eigenvalue weighted by Crippen LogP contribution is 2.48. The number of hydrogen-bond acceptors (Lipinski definition) is 6. The van der Waals surface area contributed by atoms with Crippen molar-refractivity contribution in [3.05, 3.63) is 95.9 Å². The third-order valence-electron chi connectivity index (χ3n) is 6.15. The highest BCUT2D eigenvalue weighted by atomic mass is 79.9. The maximum absolute atomic E-state index is 13.6. The first-order valence-corrected chi connectivity index (χ1v) is 12.0. The molecule has 2 aliphatic heterocycles. The molecule has 0 aromatic heterocycles. The number of β-lactam (4-membered cyclic amide) rings is 1. The van der Waals surface area contributed by atoms with Crippen LogP contribution in [0.15, 0.2) is 59.1 Å². The number of non-ortho nitro benzene ring substituents is 1. The van der Waals surface area contributed by atoms with E-state index in [4.69, 9.17) is 27.9 Å². The zero-order valence-electron chi connectivity index (χ0n) is 18.3. The van der Waals surface area contributed by atoms with E-state index in [0.717, 1.165) is 17.0 Å². The molecule has 2 atom stereocenters. The number of amides is 3. The number of carbonyl (C=O) groups is 3. The van der Waals surface area contributed by atoms with Crippen molar-refractivity contribution in [1.82, 2.24) is 4.90 Å². The molecule has 0 aliphatic carbocycles. The van der Waals surface area contributed by atoms with E-state index in [-0.39, 0.29) is 21.8 Å². The molecule has 2 heterocycles. The average molecular weight is 591 g/mol. The van der Waals surface area contributed by atoms with Crippen molar-refractivity contribution >= 4 is 68.2 Å². The largest absolute Gasteiger partial charge is 0.496 e. The molecule has 0 unspecified atom stereocenters. The van der Waals surface area contributed by atoms with Crippen LogP contribution in [0.4, 0.5) is 11.4 Å². The molecule has 182 valence electrons. The van der Waals surface area contributed by atoms with Crippen LogP contribution in [0.25, 0.3) is 0 Å². The van der Waals surface area contributed by atoms with Crippen LogP contribution in [0.1, 0.15) is 32.3 Å². The Hall–Kier alpha value is -3.47. The van der Waals surface area contributed by atoms with Gasteiger partial charge in [-0.15, -0.1) is 0 Å². The molecule has 12 heteroatoms. The van der Waals surface area contributed by atoms with E-state index in [1.807, 2.05) is 0 Å². The van der Waals surface area contributed by atoms with Crippen LogP contribution in [-0.2, 0) is 4.79 Å². The van der Waals surface area contributed by atoms with E-state index >= 15 is 0 Å². The maximum Gasteiger partial charge on any atom is 0.270 e. The summed E-state index contributed by atoms with van der Waals surface area (Å²) in [4.78, 5) is 53.0. The zero-order chi connectivity index (χ0) is 25.9. The summed E-state index contributed by atoms with van der Waals surface area (Å²) in [7, 11) is 1.47. The summed E-state index contributed by atoms with van der Waals surface area (Å²) in [5.41, 5.74) is 0.468. The molecule has 0 saturated carbocycles. The van der Waals surface area contributed by atoms with E-state index in [0.29, 0.717) is 26.5 Å². The minimum absolute atomic E-state index is 0.00801. The fraction of sp³-hybridized carbons (Fsp3) is 0.125. The summed E-state index contributed by atoms with van der Waals surface area (Å²) >= 11 is 15.7. The third-order valence-corrected chi connectivity index (χ3v) is 7.38. The Morgan fingerprint density at radius 3 is 2.28 bits per heavy atom. The number of rotatable bonds is 5. The van der Waals surface area contributed by atoms with E-state index < -0.39 is 34.7 Å². The summed E-state index contributed by atoms with van der Waals surface area (Å²) < 4.78 is 6.20. The molecule has 3 aromatic carbocycles. The Morgan fingerprint density at radius 1 is 0.889 bits per heavy atom. The Bertz CT molecular complexity index is 1500. The number of hydrogen-bond donors (Lipinski definition) is 0. The Balaban J connectivity index is 1.64. The fourth-order valence-electron chi connectivity index (χ4n) is 4.51. The highest BCUT2D eigenvalue weighted by molar-refractivity contribution is 9.10. The summed E-state index contributed by atoms with van der Waals surface area (Å²) in [6, 6.07) is 11.2. The van der Waals surface area contributed by atoms with Gasteiger partial charge in [0.2, 0.25) is 0 Å². The van der Waals surface area contributed by atoms with Crippen LogP contribution in [0, 0.1) is 10.1 Å². The lowest BCUT2D eigenvalue weighted by atomic mass is 9.85. The second-order valence-corrected chi connectivity index (χ2v) is 9.78. The van der Waals surface area contributed by atoms with Gasteiger partial charge in [0, 0.05) is 27.9 Å². The van der Waals surface area contributed by atoms with E-state index in [2.05, 4.69) is 15.9 Å². The number of ether oxygens (including phenoxy) is 1. The number of nitro benzene ring substituents is 1. The highest BCUT2D eigenvalue weighted by Gasteiger charge is 2.58. The quantitative estimate of drug-likeness (QED) is 0.170. The predicted octanol–water partition coefficient (Wildman–Crippen LogP) is 5.43. The van der Waals surface area contributed by atoms with Gasteiger partial charge < -0.3 is 9.64 Å². The number of anilines is 1. The number of nitro groups is 1. The first-order chi connectivity index (χ1) is 17.1. The Kier molecular flexibility index (Phi) is 5.98. The predicted molar refractivity (Wildman–Crippen MR) is 135 cm³/mol. The molecule has 2 aliphatic rings. The number of carbonyl (C=O) groups excluding carboxylic acids is 3. The van der Waals surface area contributed by atoms with Gasteiger partial charge in [-0.1, -0.05) is 39.1 Å². The zero-order valence-corrected chi connectivity index (χ0v) is 21.4. The van der Waals surface area contributed by atoms with Crippen molar-refractivity contribution in [3.63, 3.8) is 0 Å². The first kappa shape index (κ1) is 24.2. The lowest BCUT2D eigenvalue weighted by molar-refractivity contribution is -0.384. The minimum Gasteiger partial charge on any atom is -0.496 e. The topological polar surface area (TPSA) is 110 Å². The fourth-order valence-corrected chi connectivity index (χ4v) is 5.18. The molecular weight excluding hydrogens is 577 g/mol. The third kappa shape index (κ3) is 3.64. The summed E-state index contributed by atoms with van der Waals surface area (Å²) in [6.45, 7) is 0. The summed E-state index contributed by atoms with van der Waals surface area (Å²) in [5.74, 6) is -1.61. The minimum atomic E-state index is -1.23. The van der Waals surface area contributed by atoms with Gasteiger partial charge in [-0.3, -0.25) is 29.4 Å². The summed E-state index contributed by atoms with van der Waals surface area (Å²) in [5, 5.41) is 11.7. The molecule has 1 fully saturated rings. The second kappa shape index (κ2) is 8.88. The van der Waals surface area contributed by atoms with Gasteiger partial charge in [0.05, 0.1) is 39.2 Å². The molecule has 0 N–H and O–H groups in total. The maximum atomic E-state index is 13.6. The van der Waals surface area contributed by atoms with Crippen LogP contribution < -0.4 is 9.64 Å². The normalized spacial score (nSPS) is 18.8. The van der Waals surface area contributed by atoms with Gasteiger partial charge in [0.25, 0.3) is 23.4 Å². The van der Waals surface area contributed by atoms with Crippen LogP contribution >= 0.6 is 39.1 Å². The van der Waals surface area contributed by atoms with Gasteiger partial charge in [-0.2, -0.15) is 0 Å². The van der Waals surface area contributed by atoms with Crippen molar-refractivity contribution in [2.45, 2.75) is 12.1 Å². The standard InChI is InChI=1S/C24H14BrCl2N3O6/c1-36-19-7-2-11(25)8-16(19)20-21(24(33)28(20)12-4-6-17(26)18(27)10-12)29-22(31)14-5-3-13(30(34)35)9-15(14)23(29)32/h2-10,20-21H,1H3/t20-,21-/m0/s1. The van der Waals surface area contributed by atoms with Gasteiger partial charge >= 0.3 is 0 Å². The van der Waals surface area contributed by atoms with Crippen LogP contribution in [0.2, 0.25) is 10.0 Å². The average Bonchev–Trinajstić information content (AvgIpc) is 3.09. The number of imide groups is 1. The van der Waals surface area contributed by atoms with E-state index in [9.17, 15) is 24.5 Å². The van der Waals surface area contributed by atoms with Gasteiger partial charge in [0.15, 0.2) is 0 Å². The lowest BCUT2D eigenvalue weighted by Crippen LogP contribution is -2.67. The first-order valence-electron chi connectivity index (χ1n) is 10.4. The Labute approximate surface area is 222 Å². The van der Waals surface area contributed by atoms with Gasteiger partial charge in [-0.25, -0.2) is 0 Å². The number of methoxy groups -OCH3 is 1. The van der Waals surface area contributed by atoms with Gasteiger partial charge in [-0.05, 0) is 42.5 Å². The van der Waals surface area contributed by atoms with Crippen molar-refractivity contribution in [2.75, 3.05) is 12.0 Å². The smallest absolute Gasteiger partial charge is 0.270 e. The van der Waals surface area contributed by atoms with E-state index in [1.54, 1.807) is 24.3 Å². The van der Waals surface area contributed by atoms with Crippen LogP contribution in [0.3, 0.4) is 0 Å². The SMILES string of the molecule is COc1ccc(Br)cc1[C@H]1[C@H](N2C(=O)c3ccc([N+](=O)[O-])cc3C2=O)C(=O)N1c1ccc(Cl)c(Cl)c1. The van der Waals surface area contributed by atoms with E-state index in [1.165, 1.54) is 30.2 Å². The second-order valence-electron chi connectivity index (χ2n) is 8.05. The molecule has 0 radical (unpaired) electrons. The summed E-state index contributed by atoms with van der Waals surface area (Å²) in [6.07, 6.45) is 0. The lowest BCUT2D eigenvalue weighted by Gasteiger charge is -2.50. The van der Waals surface area contributed by atoms with Crippen LogP contribution in [0.5, 0.6) is 5.75 Å². The monoisotopic (exact) mass is 589 g/mol. The molecule has 0 spiro atoms. The molecule has 0 bridgehead atoms.